The third-order valence-electron chi connectivity index (χ3n) is 2.34. The third kappa shape index (κ3) is 4.04. The highest BCUT2D eigenvalue weighted by molar-refractivity contribution is 6.28. The molecule has 18 heavy (non-hydrogen) atoms. The number of carbonyl (C=O) groups is 1. The standard InChI is InChI=1S/C13H18ClN3O/c1-8(2)13(18)17-10-5-4-9(3)6-11(10)16-12(15)7-14/h4-6,8H,7H2,1-3H3,(H2,15,16)(H,17,18). The number of nitrogens with two attached hydrogens (primary N) is 1. The summed E-state index contributed by atoms with van der Waals surface area (Å²) in [6.45, 7) is 5.61. The van der Waals surface area contributed by atoms with Crippen LogP contribution in [-0.2, 0) is 4.79 Å². The van der Waals surface area contributed by atoms with Gasteiger partial charge >= 0.3 is 0 Å². The minimum absolute atomic E-state index is 0.0558. The molecule has 0 radical (unpaired) electrons. The summed E-state index contributed by atoms with van der Waals surface area (Å²) in [4.78, 5) is 15.9. The number of aliphatic imine (C=N–C) groups is 1. The Hall–Kier alpha value is -1.55. The molecule has 0 spiro atoms. The highest BCUT2D eigenvalue weighted by atomic mass is 35.5. The highest BCUT2D eigenvalue weighted by Gasteiger charge is 2.10. The molecule has 0 aliphatic carbocycles. The number of amides is 1. The first-order valence-electron chi connectivity index (χ1n) is 5.74. The number of anilines is 1. The molecule has 4 nitrogen and oxygen atoms in total. The summed E-state index contributed by atoms with van der Waals surface area (Å²) < 4.78 is 0. The van der Waals surface area contributed by atoms with Crippen LogP contribution in [0.15, 0.2) is 23.2 Å². The van der Waals surface area contributed by atoms with Crippen LogP contribution < -0.4 is 11.1 Å². The third-order valence-corrected chi connectivity index (χ3v) is 2.61. The van der Waals surface area contributed by atoms with Crippen molar-refractivity contribution in [2.75, 3.05) is 11.2 Å². The van der Waals surface area contributed by atoms with Gasteiger partial charge in [-0.1, -0.05) is 19.9 Å². The number of alkyl halides is 1. The van der Waals surface area contributed by atoms with E-state index in [4.69, 9.17) is 17.3 Å². The molecular formula is C13H18ClN3O. The number of carbonyl (C=O) groups excluding carboxylic acids is 1. The monoisotopic (exact) mass is 267 g/mol. The molecule has 0 aliphatic rings. The lowest BCUT2D eigenvalue weighted by atomic mass is 10.1. The van der Waals surface area contributed by atoms with Crippen molar-refractivity contribution in [3.63, 3.8) is 0 Å². The molecule has 98 valence electrons. The van der Waals surface area contributed by atoms with E-state index in [0.717, 1.165) is 5.56 Å². The van der Waals surface area contributed by atoms with Crippen LogP contribution in [0, 0.1) is 12.8 Å². The maximum Gasteiger partial charge on any atom is 0.226 e. The van der Waals surface area contributed by atoms with E-state index < -0.39 is 0 Å². The van der Waals surface area contributed by atoms with Crippen LogP contribution in [0.25, 0.3) is 0 Å². The van der Waals surface area contributed by atoms with Gasteiger partial charge in [0, 0.05) is 5.92 Å². The van der Waals surface area contributed by atoms with E-state index in [1.165, 1.54) is 0 Å². The van der Waals surface area contributed by atoms with Crippen molar-refractivity contribution in [2.24, 2.45) is 16.6 Å². The normalized spacial score (nSPS) is 11.7. The predicted molar refractivity (Wildman–Crippen MR) is 76.6 cm³/mol. The van der Waals surface area contributed by atoms with Crippen LogP contribution in [0.2, 0.25) is 0 Å². The van der Waals surface area contributed by atoms with Gasteiger partial charge in [-0.05, 0) is 24.6 Å². The van der Waals surface area contributed by atoms with Crippen LogP contribution in [0.4, 0.5) is 11.4 Å². The van der Waals surface area contributed by atoms with Crippen LogP contribution >= 0.6 is 11.6 Å². The van der Waals surface area contributed by atoms with Crippen LogP contribution in [0.5, 0.6) is 0 Å². The summed E-state index contributed by atoms with van der Waals surface area (Å²) in [5, 5.41) is 2.82. The molecule has 0 saturated carbocycles. The minimum Gasteiger partial charge on any atom is -0.386 e. The summed E-state index contributed by atoms with van der Waals surface area (Å²) in [6, 6.07) is 5.58. The van der Waals surface area contributed by atoms with Crippen molar-refractivity contribution >= 4 is 34.7 Å². The van der Waals surface area contributed by atoms with Gasteiger partial charge in [0.2, 0.25) is 5.91 Å². The van der Waals surface area contributed by atoms with Crippen LogP contribution in [-0.4, -0.2) is 17.6 Å². The number of amidine groups is 1. The Morgan fingerprint density at radius 3 is 2.72 bits per heavy atom. The summed E-state index contributed by atoms with van der Waals surface area (Å²) in [6.07, 6.45) is 0. The number of aryl methyl sites for hydroxylation is 1. The lowest BCUT2D eigenvalue weighted by Crippen LogP contribution is -2.18. The number of hydrogen-bond donors (Lipinski definition) is 2. The fraction of sp³-hybridized carbons (Fsp3) is 0.385. The molecule has 1 amide bonds. The van der Waals surface area contributed by atoms with E-state index in [9.17, 15) is 4.79 Å². The van der Waals surface area contributed by atoms with E-state index >= 15 is 0 Å². The summed E-state index contributed by atoms with van der Waals surface area (Å²) in [5.74, 6) is 0.335. The van der Waals surface area contributed by atoms with Crippen LogP contribution in [0.1, 0.15) is 19.4 Å². The molecule has 0 aliphatic heterocycles. The van der Waals surface area contributed by atoms with Crippen molar-refractivity contribution in [2.45, 2.75) is 20.8 Å². The minimum atomic E-state index is -0.0893. The molecule has 3 N–H and O–H groups in total. The topological polar surface area (TPSA) is 67.5 Å². The molecule has 0 aromatic heterocycles. The van der Waals surface area contributed by atoms with Gasteiger partial charge < -0.3 is 11.1 Å². The molecule has 0 bridgehead atoms. The Morgan fingerprint density at radius 2 is 2.17 bits per heavy atom. The molecule has 0 unspecified atom stereocenters. The Bertz CT molecular complexity index is 469. The second kappa shape index (κ2) is 6.40. The molecule has 0 heterocycles. The van der Waals surface area contributed by atoms with Gasteiger partial charge in [0.15, 0.2) is 0 Å². The lowest BCUT2D eigenvalue weighted by Gasteiger charge is -2.11. The molecule has 5 heteroatoms. The maximum atomic E-state index is 11.7. The molecular weight excluding hydrogens is 250 g/mol. The van der Waals surface area contributed by atoms with Crippen molar-refractivity contribution in [1.82, 2.24) is 0 Å². The van der Waals surface area contributed by atoms with E-state index in [1.807, 2.05) is 39.0 Å². The second-order valence-electron chi connectivity index (χ2n) is 4.40. The molecule has 0 fully saturated rings. The molecule has 0 saturated heterocycles. The number of rotatable bonds is 4. The van der Waals surface area contributed by atoms with Crippen molar-refractivity contribution in [3.05, 3.63) is 23.8 Å². The van der Waals surface area contributed by atoms with E-state index in [-0.39, 0.29) is 17.7 Å². The highest BCUT2D eigenvalue weighted by Crippen LogP contribution is 2.26. The van der Waals surface area contributed by atoms with E-state index in [0.29, 0.717) is 17.2 Å². The fourth-order valence-corrected chi connectivity index (χ4v) is 1.36. The fourth-order valence-electron chi connectivity index (χ4n) is 1.30. The molecule has 0 atom stereocenters. The van der Waals surface area contributed by atoms with E-state index in [1.54, 1.807) is 0 Å². The average molecular weight is 268 g/mol. The van der Waals surface area contributed by atoms with Gasteiger partial charge in [-0.2, -0.15) is 0 Å². The molecule has 1 rings (SSSR count). The van der Waals surface area contributed by atoms with Gasteiger partial charge in [-0.25, -0.2) is 4.99 Å². The summed E-state index contributed by atoms with van der Waals surface area (Å²) in [5.41, 5.74) is 7.93. The summed E-state index contributed by atoms with van der Waals surface area (Å²) >= 11 is 5.61. The smallest absolute Gasteiger partial charge is 0.226 e. The first-order valence-corrected chi connectivity index (χ1v) is 6.28. The Labute approximate surface area is 112 Å². The van der Waals surface area contributed by atoms with Gasteiger partial charge in [0.25, 0.3) is 0 Å². The quantitative estimate of drug-likeness (QED) is 0.500. The Balaban J connectivity index is 3.07. The Kier molecular flexibility index (Phi) is 5.16. The zero-order valence-corrected chi connectivity index (χ0v) is 11.6. The first-order chi connectivity index (χ1) is 8.43. The zero-order valence-electron chi connectivity index (χ0n) is 10.8. The van der Waals surface area contributed by atoms with Gasteiger partial charge in [0.05, 0.1) is 17.3 Å². The number of benzene rings is 1. The SMILES string of the molecule is Cc1ccc(NC(=O)C(C)C)c(N=C(N)CCl)c1. The van der Waals surface area contributed by atoms with E-state index in [2.05, 4.69) is 10.3 Å². The molecule has 1 aromatic rings. The zero-order chi connectivity index (χ0) is 13.7. The Morgan fingerprint density at radius 1 is 1.50 bits per heavy atom. The predicted octanol–water partition coefficient (Wildman–Crippen LogP) is 2.82. The second-order valence-corrected chi connectivity index (χ2v) is 4.67. The largest absolute Gasteiger partial charge is 0.386 e. The average Bonchev–Trinajstić information content (AvgIpc) is 2.32. The number of nitrogens with one attached hydrogen (secondary N) is 1. The number of hydrogen-bond acceptors (Lipinski definition) is 2. The summed E-state index contributed by atoms with van der Waals surface area (Å²) in [7, 11) is 0. The van der Waals surface area contributed by atoms with Crippen molar-refractivity contribution < 1.29 is 4.79 Å². The lowest BCUT2D eigenvalue weighted by molar-refractivity contribution is -0.118. The van der Waals surface area contributed by atoms with Crippen molar-refractivity contribution in [1.29, 1.82) is 0 Å². The maximum absolute atomic E-state index is 11.7. The first kappa shape index (κ1) is 14.5. The van der Waals surface area contributed by atoms with Gasteiger partial charge in [-0.3, -0.25) is 4.79 Å². The van der Waals surface area contributed by atoms with Crippen molar-refractivity contribution in [3.8, 4) is 0 Å². The van der Waals surface area contributed by atoms with Gasteiger partial charge in [-0.15, -0.1) is 11.6 Å². The van der Waals surface area contributed by atoms with Crippen LogP contribution in [0.3, 0.4) is 0 Å². The molecule has 1 aromatic carbocycles. The number of nitrogens with zero attached hydrogens (tertiary/aromatic N) is 1. The number of halogens is 1. The van der Waals surface area contributed by atoms with Gasteiger partial charge in [0.1, 0.15) is 5.84 Å².